The van der Waals surface area contributed by atoms with E-state index in [9.17, 15) is 9.90 Å². The average Bonchev–Trinajstić information content (AvgIpc) is 1.92. The molecule has 0 unspecified atom stereocenters. The van der Waals surface area contributed by atoms with Crippen LogP contribution in [0.2, 0.25) is 0 Å². The van der Waals surface area contributed by atoms with Crippen LogP contribution in [-0.2, 0) is 4.74 Å². The summed E-state index contributed by atoms with van der Waals surface area (Å²) in [5, 5.41) is 12.2. The second-order valence-corrected chi connectivity index (χ2v) is 6.58. The molecular formula is C12H26N2O3. The molecule has 102 valence electrons. The van der Waals surface area contributed by atoms with Gasteiger partial charge in [-0.3, -0.25) is 0 Å². The molecule has 0 bridgehead atoms. The zero-order valence-corrected chi connectivity index (χ0v) is 11.8. The van der Waals surface area contributed by atoms with Gasteiger partial charge in [0.2, 0.25) is 0 Å². The molecule has 0 saturated carbocycles. The van der Waals surface area contributed by atoms with Gasteiger partial charge in [0.25, 0.3) is 0 Å². The number of carbonyl (C=O) groups excluding carboxylic acids is 1. The van der Waals surface area contributed by atoms with E-state index in [2.05, 4.69) is 5.32 Å². The lowest BCUT2D eigenvalue weighted by atomic mass is 9.82. The Morgan fingerprint density at radius 3 is 2.06 bits per heavy atom. The summed E-state index contributed by atoms with van der Waals surface area (Å²) in [7, 11) is 0. The summed E-state index contributed by atoms with van der Waals surface area (Å²) in [5.41, 5.74) is 3.77. The van der Waals surface area contributed by atoms with Gasteiger partial charge in [-0.2, -0.15) is 0 Å². The second kappa shape index (κ2) is 5.23. The van der Waals surface area contributed by atoms with E-state index in [0.717, 1.165) is 0 Å². The normalized spacial score (nSPS) is 13.4. The van der Waals surface area contributed by atoms with Crippen molar-refractivity contribution in [1.29, 1.82) is 0 Å². The van der Waals surface area contributed by atoms with Crippen molar-refractivity contribution in [3.8, 4) is 0 Å². The Bertz CT molecular complexity index is 262. The molecule has 0 aliphatic heterocycles. The standard InChI is InChI=1S/C12H26N2O3/c1-10(2,7-11(3,4)16)8-17-9(15)14-12(5,6)13/h16H,7-8,13H2,1-6H3,(H,14,15). The summed E-state index contributed by atoms with van der Waals surface area (Å²) in [6.07, 6.45) is 0.000527. The van der Waals surface area contributed by atoms with Gasteiger partial charge in [0.1, 0.15) is 0 Å². The first-order chi connectivity index (χ1) is 7.31. The molecule has 0 aliphatic carbocycles. The molecule has 0 radical (unpaired) electrons. The van der Waals surface area contributed by atoms with Crippen molar-refractivity contribution in [2.75, 3.05) is 6.61 Å². The Kier molecular flexibility index (Phi) is 4.98. The first kappa shape index (κ1) is 16.2. The van der Waals surface area contributed by atoms with Gasteiger partial charge >= 0.3 is 6.09 Å². The van der Waals surface area contributed by atoms with Crippen molar-refractivity contribution >= 4 is 6.09 Å². The van der Waals surface area contributed by atoms with E-state index in [1.807, 2.05) is 13.8 Å². The van der Waals surface area contributed by atoms with E-state index >= 15 is 0 Å². The molecule has 17 heavy (non-hydrogen) atoms. The number of aliphatic hydroxyl groups is 1. The number of hydrogen-bond acceptors (Lipinski definition) is 4. The van der Waals surface area contributed by atoms with E-state index in [-0.39, 0.29) is 12.0 Å². The number of nitrogens with two attached hydrogens (primary N) is 1. The maximum atomic E-state index is 11.4. The van der Waals surface area contributed by atoms with Crippen molar-refractivity contribution in [2.24, 2.45) is 11.1 Å². The molecule has 4 N–H and O–H groups in total. The molecule has 0 fully saturated rings. The summed E-state index contributed by atoms with van der Waals surface area (Å²) in [5.74, 6) is 0. The molecule has 0 aromatic heterocycles. The highest BCUT2D eigenvalue weighted by molar-refractivity contribution is 5.68. The van der Waals surface area contributed by atoms with Crippen LogP contribution in [0.15, 0.2) is 0 Å². The SMILES string of the molecule is CC(C)(O)CC(C)(C)COC(=O)NC(C)(C)N. The predicted octanol–water partition coefficient (Wildman–Crippen LogP) is 1.59. The third kappa shape index (κ3) is 10.1. The highest BCUT2D eigenvalue weighted by Crippen LogP contribution is 2.27. The number of alkyl carbamates (subject to hydrolysis) is 1. The van der Waals surface area contributed by atoms with Crippen LogP contribution in [0.3, 0.4) is 0 Å². The van der Waals surface area contributed by atoms with Crippen molar-refractivity contribution in [2.45, 2.75) is 59.2 Å². The van der Waals surface area contributed by atoms with Gasteiger partial charge < -0.3 is 20.9 Å². The summed E-state index contributed by atoms with van der Waals surface area (Å²) in [6, 6.07) is 0. The van der Waals surface area contributed by atoms with E-state index in [1.165, 1.54) is 0 Å². The van der Waals surface area contributed by atoms with E-state index in [4.69, 9.17) is 10.5 Å². The molecule has 0 aromatic rings. The average molecular weight is 246 g/mol. The molecule has 0 aliphatic rings. The highest BCUT2D eigenvalue weighted by atomic mass is 16.5. The summed E-state index contributed by atoms with van der Waals surface area (Å²) in [4.78, 5) is 11.4. The number of rotatable bonds is 5. The van der Waals surface area contributed by atoms with Gasteiger partial charge in [-0.25, -0.2) is 4.79 Å². The van der Waals surface area contributed by atoms with Crippen molar-refractivity contribution in [1.82, 2.24) is 5.32 Å². The molecule has 0 spiro atoms. The van der Waals surface area contributed by atoms with Gasteiger partial charge in [0.15, 0.2) is 0 Å². The number of ether oxygens (including phenoxy) is 1. The Morgan fingerprint density at radius 1 is 1.24 bits per heavy atom. The first-order valence-electron chi connectivity index (χ1n) is 5.77. The van der Waals surface area contributed by atoms with Crippen molar-refractivity contribution in [3.05, 3.63) is 0 Å². The third-order valence-electron chi connectivity index (χ3n) is 1.93. The zero-order chi connectivity index (χ0) is 13.9. The Labute approximate surface area is 104 Å². The van der Waals surface area contributed by atoms with E-state index < -0.39 is 17.4 Å². The number of carbonyl (C=O) groups is 1. The molecule has 0 aromatic carbocycles. The summed E-state index contributed by atoms with van der Waals surface area (Å²) < 4.78 is 5.09. The van der Waals surface area contributed by atoms with Crippen molar-refractivity contribution < 1.29 is 14.6 Å². The van der Waals surface area contributed by atoms with Gasteiger partial charge in [0, 0.05) is 5.41 Å². The molecule has 0 heterocycles. The van der Waals surface area contributed by atoms with Crippen LogP contribution in [-0.4, -0.2) is 29.1 Å². The molecule has 5 heteroatoms. The Balaban J connectivity index is 4.15. The van der Waals surface area contributed by atoms with Crippen LogP contribution < -0.4 is 11.1 Å². The molecular weight excluding hydrogens is 220 g/mol. The quantitative estimate of drug-likeness (QED) is 0.643. The van der Waals surface area contributed by atoms with Crippen LogP contribution >= 0.6 is 0 Å². The number of hydrogen-bond donors (Lipinski definition) is 3. The largest absolute Gasteiger partial charge is 0.449 e. The van der Waals surface area contributed by atoms with Gasteiger partial charge in [-0.05, 0) is 34.1 Å². The fraction of sp³-hybridized carbons (Fsp3) is 0.917. The fourth-order valence-electron chi connectivity index (χ4n) is 1.78. The van der Waals surface area contributed by atoms with Gasteiger partial charge in [-0.15, -0.1) is 0 Å². The van der Waals surface area contributed by atoms with Crippen molar-refractivity contribution in [3.63, 3.8) is 0 Å². The maximum Gasteiger partial charge on any atom is 0.408 e. The Morgan fingerprint density at radius 2 is 1.71 bits per heavy atom. The molecule has 5 nitrogen and oxygen atoms in total. The van der Waals surface area contributed by atoms with E-state index in [0.29, 0.717) is 6.42 Å². The molecule has 1 amide bonds. The monoisotopic (exact) mass is 246 g/mol. The maximum absolute atomic E-state index is 11.4. The van der Waals surface area contributed by atoms with Gasteiger partial charge in [0.05, 0.1) is 17.9 Å². The molecule has 0 atom stereocenters. The van der Waals surface area contributed by atoms with Crippen LogP contribution in [0.4, 0.5) is 4.79 Å². The van der Waals surface area contributed by atoms with E-state index in [1.54, 1.807) is 27.7 Å². The summed E-state index contributed by atoms with van der Waals surface area (Å²) in [6.45, 7) is 10.9. The predicted molar refractivity (Wildman–Crippen MR) is 67.4 cm³/mol. The zero-order valence-electron chi connectivity index (χ0n) is 11.8. The van der Waals surface area contributed by atoms with Gasteiger partial charge in [-0.1, -0.05) is 13.8 Å². The minimum atomic E-state index is -0.794. The van der Waals surface area contributed by atoms with Crippen LogP contribution in [0, 0.1) is 5.41 Å². The number of nitrogens with one attached hydrogen (secondary N) is 1. The highest BCUT2D eigenvalue weighted by Gasteiger charge is 2.28. The summed E-state index contributed by atoms with van der Waals surface area (Å²) >= 11 is 0. The first-order valence-corrected chi connectivity index (χ1v) is 5.77. The lowest BCUT2D eigenvalue weighted by molar-refractivity contribution is 0.00524. The minimum absolute atomic E-state index is 0.235. The topological polar surface area (TPSA) is 84.6 Å². The molecule has 0 saturated heterocycles. The lowest BCUT2D eigenvalue weighted by Crippen LogP contribution is -2.51. The Hall–Kier alpha value is -0.810. The fourth-order valence-corrected chi connectivity index (χ4v) is 1.78. The molecule has 0 rings (SSSR count). The smallest absolute Gasteiger partial charge is 0.408 e. The van der Waals surface area contributed by atoms with Crippen LogP contribution in [0.1, 0.15) is 48.0 Å². The third-order valence-corrected chi connectivity index (χ3v) is 1.93. The second-order valence-electron chi connectivity index (χ2n) is 6.58. The minimum Gasteiger partial charge on any atom is -0.449 e. The number of amides is 1. The van der Waals surface area contributed by atoms with Crippen LogP contribution in [0.5, 0.6) is 0 Å². The lowest BCUT2D eigenvalue weighted by Gasteiger charge is -2.31. The van der Waals surface area contributed by atoms with Crippen LogP contribution in [0.25, 0.3) is 0 Å².